The van der Waals surface area contributed by atoms with E-state index < -0.39 is 11.9 Å². The number of aliphatic imine (C=N–C) groups is 1. The van der Waals surface area contributed by atoms with Gasteiger partial charge < -0.3 is 0 Å². The Morgan fingerprint density at radius 2 is 2.00 bits per heavy atom. The lowest BCUT2D eigenvalue weighted by Crippen LogP contribution is -2.10. The number of allylic oxidation sites excluding steroid dienone is 4. The van der Waals surface area contributed by atoms with Crippen LogP contribution in [0.15, 0.2) is 27.9 Å². The Balaban J connectivity index is 5.48. The van der Waals surface area contributed by atoms with E-state index in [9.17, 15) is 13.2 Å². The molecule has 0 rings (SSSR count). The van der Waals surface area contributed by atoms with Crippen LogP contribution in [0, 0.1) is 22.7 Å². The molecule has 0 aliphatic rings. The van der Waals surface area contributed by atoms with Crippen LogP contribution in [0.5, 0.6) is 0 Å². The first-order valence-electron chi connectivity index (χ1n) is 4.09. The van der Waals surface area contributed by atoms with Gasteiger partial charge in [0.2, 0.25) is 0 Å². The van der Waals surface area contributed by atoms with Crippen molar-refractivity contribution in [2.24, 2.45) is 4.99 Å². The highest BCUT2D eigenvalue weighted by molar-refractivity contribution is 5.40. The van der Waals surface area contributed by atoms with Gasteiger partial charge in [-0.25, -0.2) is 0 Å². The second-order valence-electron chi connectivity index (χ2n) is 2.78. The molecule has 0 aliphatic carbocycles. The summed E-state index contributed by atoms with van der Waals surface area (Å²) in [6, 6.07) is 3.37. The number of hydrogen-bond donors (Lipinski definition) is 0. The van der Waals surface area contributed by atoms with Crippen LogP contribution in [0.3, 0.4) is 0 Å². The molecule has 0 amide bonds. The molecular weight excluding hydrogens is 219 g/mol. The summed E-state index contributed by atoms with van der Waals surface area (Å²) in [5.41, 5.74) is -1.18. The van der Waals surface area contributed by atoms with E-state index >= 15 is 0 Å². The Hall–Kier alpha value is -2.08. The second kappa shape index (κ2) is 5.72. The van der Waals surface area contributed by atoms with Gasteiger partial charge in [-0.1, -0.05) is 0 Å². The maximum Gasteiger partial charge on any atom is 0.433 e. The molecule has 0 fully saturated rings. The highest BCUT2D eigenvalue weighted by Crippen LogP contribution is 2.28. The van der Waals surface area contributed by atoms with Gasteiger partial charge in [-0.15, -0.1) is 0 Å². The molecule has 0 bridgehead atoms. The molecule has 0 radical (unpaired) electrons. The molecule has 0 saturated heterocycles. The van der Waals surface area contributed by atoms with Gasteiger partial charge >= 0.3 is 6.18 Å². The third-order valence-corrected chi connectivity index (χ3v) is 1.69. The van der Waals surface area contributed by atoms with E-state index in [0.717, 1.165) is 0 Å². The molecule has 0 aromatic heterocycles. The minimum Gasteiger partial charge on any atom is -0.260 e. The summed E-state index contributed by atoms with van der Waals surface area (Å²) in [5, 5.41) is 17.0. The molecule has 0 aliphatic heterocycles. The third kappa shape index (κ3) is 3.97. The fraction of sp³-hybridized carbons (Fsp3) is 0.300. The van der Waals surface area contributed by atoms with Crippen molar-refractivity contribution in [3.8, 4) is 12.1 Å². The van der Waals surface area contributed by atoms with Crippen LogP contribution in [0.1, 0.15) is 13.3 Å². The minimum atomic E-state index is -4.64. The molecule has 0 aromatic rings. The lowest BCUT2D eigenvalue weighted by Gasteiger charge is -2.07. The highest BCUT2D eigenvalue weighted by atomic mass is 19.4. The van der Waals surface area contributed by atoms with E-state index in [0.29, 0.717) is 6.08 Å². The Kier molecular flexibility index (Phi) is 4.97. The zero-order valence-corrected chi connectivity index (χ0v) is 8.47. The molecule has 16 heavy (non-hydrogen) atoms. The van der Waals surface area contributed by atoms with E-state index in [1.807, 2.05) is 0 Å². The third-order valence-electron chi connectivity index (χ3n) is 1.69. The smallest absolute Gasteiger partial charge is 0.260 e. The van der Waals surface area contributed by atoms with Gasteiger partial charge in [0.05, 0.1) is 18.6 Å². The van der Waals surface area contributed by atoms with Crippen LogP contribution in [0.2, 0.25) is 0 Å². The highest BCUT2D eigenvalue weighted by Gasteiger charge is 2.33. The second-order valence-corrected chi connectivity index (χ2v) is 2.78. The molecule has 3 nitrogen and oxygen atoms in total. The standard InChI is InChI=1S/C10H8F3N3/c1-7(6-15)8(3-4-14)5-9(16-2)10(11,12)13/h5H,2-3H2,1H3/b8-7+,9-5-. The van der Waals surface area contributed by atoms with Crippen molar-refractivity contribution in [3.63, 3.8) is 0 Å². The van der Waals surface area contributed by atoms with E-state index in [-0.39, 0.29) is 17.6 Å². The fourth-order valence-corrected chi connectivity index (χ4v) is 0.831. The number of hydrogen-bond acceptors (Lipinski definition) is 3. The predicted octanol–water partition coefficient (Wildman–Crippen LogP) is 2.89. The molecular formula is C10H8F3N3. The summed E-state index contributed by atoms with van der Waals surface area (Å²) in [7, 11) is 0. The van der Waals surface area contributed by atoms with Gasteiger partial charge in [0, 0.05) is 5.57 Å². The molecule has 0 saturated carbocycles. The van der Waals surface area contributed by atoms with Crippen molar-refractivity contribution in [2.75, 3.05) is 0 Å². The van der Waals surface area contributed by atoms with Gasteiger partial charge in [0.15, 0.2) is 0 Å². The number of halogens is 3. The maximum absolute atomic E-state index is 12.3. The maximum atomic E-state index is 12.3. The summed E-state index contributed by atoms with van der Waals surface area (Å²) in [5.74, 6) is 0. The van der Waals surface area contributed by atoms with Crippen molar-refractivity contribution < 1.29 is 13.2 Å². The Morgan fingerprint density at radius 3 is 2.31 bits per heavy atom. The van der Waals surface area contributed by atoms with Gasteiger partial charge in [-0.3, -0.25) is 4.99 Å². The monoisotopic (exact) mass is 227 g/mol. The first-order valence-corrected chi connectivity index (χ1v) is 4.09. The van der Waals surface area contributed by atoms with E-state index in [4.69, 9.17) is 10.5 Å². The average molecular weight is 227 g/mol. The van der Waals surface area contributed by atoms with E-state index in [1.54, 1.807) is 12.1 Å². The SMILES string of the molecule is C=N/C(=C\C(CC#N)=C(/C)C#N)C(F)(F)F. The summed E-state index contributed by atoms with van der Waals surface area (Å²) in [4.78, 5) is 2.83. The Labute approximate surface area is 90.8 Å². The predicted molar refractivity (Wildman–Crippen MR) is 52.2 cm³/mol. The largest absolute Gasteiger partial charge is 0.433 e. The van der Waals surface area contributed by atoms with Gasteiger partial charge in [-0.2, -0.15) is 23.7 Å². The molecule has 0 N–H and O–H groups in total. The Bertz CT molecular complexity index is 416. The number of alkyl halides is 3. The van der Waals surface area contributed by atoms with Gasteiger partial charge in [0.1, 0.15) is 5.70 Å². The zero-order valence-electron chi connectivity index (χ0n) is 8.47. The summed E-state index contributed by atoms with van der Waals surface area (Å²) < 4.78 is 36.9. The molecule has 0 aromatic carbocycles. The van der Waals surface area contributed by atoms with Crippen molar-refractivity contribution in [2.45, 2.75) is 19.5 Å². The summed E-state index contributed by atoms with van der Waals surface area (Å²) in [6.07, 6.45) is -4.26. The minimum absolute atomic E-state index is 0.00951. The first kappa shape index (κ1) is 13.9. The van der Waals surface area contributed by atoms with Crippen LogP contribution in [0.4, 0.5) is 13.2 Å². The molecule has 0 atom stereocenters. The quantitative estimate of drug-likeness (QED) is 0.422. The number of rotatable bonds is 3. The van der Waals surface area contributed by atoms with Crippen molar-refractivity contribution >= 4 is 6.72 Å². The van der Waals surface area contributed by atoms with Crippen LogP contribution >= 0.6 is 0 Å². The van der Waals surface area contributed by atoms with Crippen molar-refractivity contribution in [3.05, 3.63) is 22.9 Å². The molecule has 6 heteroatoms. The topological polar surface area (TPSA) is 59.9 Å². The van der Waals surface area contributed by atoms with E-state index in [1.165, 1.54) is 6.92 Å². The number of nitrogens with zero attached hydrogens (tertiary/aromatic N) is 3. The van der Waals surface area contributed by atoms with Crippen LogP contribution in [-0.2, 0) is 0 Å². The Morgan fingerprint density at radius 1 is 1.44 bits per heavy atom. The van der Waals surface area contributed by atoms with Gasteiger partial charge in [0.25, 0.3) is 0 Å². The molecule has 0 spiro atoms. The first-order chi connectivity index (χ1) is 7.36. The van der Waals surface area contributed by atoms with E-state index in [2.05, 4.69) is 11.7 Å². The molecule has 0 heterocycles. The lowest BCUT2D eigenvalue weighted by atomic mass is 10.1. The van der Waals surface area contributed by atoms with Gasteiger partial charge in [-0.05, 0) is 25.3 Å². The average Bonchev–Trinajstić information content (AvgIpc) is 2.21. The lowest BCUT2D eigenvalue weighted by molar-refractivity contribution is -0.0922. The summed E-state index contributed by atoms with van der Waals surface area (Å²) in [6.45, 7) is 4.13. The van der Waals surface area contributed by atoms with Crippen molar-refractivity contribution in [1.82, 2.24) is 0 Å². The van der Waals surface area contributed by atoms with Crippen LogP contribution in [-0.4, -0.2) is 12.9 Å². The number of nitriles is 2. The van der Waals surface area contributed by atoms with Crippen LogP contribution < -0.4 is 0 Å². The van der Waals surface area contributed by atoms with Crippen LogP contribution in [0.25, 0.3) is 0 Å². The molecule has 84 valence electrons. The normalized spacial score (nSPS) is 13.5. The van der Waals surface area contributed by atoms with Crippen molar-refractivity contribution in [1.29, 1.82) is 10.5 Å². The summed E-state index contributed by atoms with van der Waals surface area (Å²) >= 11 is 0. The molecule has 0 unspecified atom stereocenters. The zero-order chi connectivity index (χ0) is 12.8. The fourth-order valence-electron chi connectivity index (χ4n) is 0.831.